The summed E-state index contributed by atoms with van der Waals surface area (Å²) in [4.78, 5) is 23.3. The number of hydrogen-bond acceptors (Lipinski definition) is 3. The van der Waals surface area contributed by atoms with E-state index in [-0.39, 0.29) is 17.2 Å². The van der Waals surface area contributed by atoms with Crippen LogP contribution >= 0.6 is 0 Å². The Balaban J connectivity index is 1.56. The zero-order valence-electron chi connectivity index (χ0n) is 10.3. The van der Waals surface area contributed by atoms with Crippen molar-refractivity contribution in [3.05, 3.63) is 35.4 Å². The first-order valence-electron chi connectivity index (χ1n) is 6.70. The van der Waals surface area contributed by atoms with Crippen LogP contribution in [0.4, 0.5) is 0 Å². The number of ether oxygens (including phenoxy) is 1. The van der Waals surface area contributed by atoms with E-state index in [2.05, 4.69) is 0 Å². The van der Waals surface area contributed by atoms with E-state index >= 15 is 0 Å². The minimum atomic E-state index is -1.09. The molecule has 0 amide bonds. The maximum atomic E-state index is 12.2. The molecule has 4 aliphatic rings. The second-order valence-corrected chi connectivity index (χ2v) is 5.86. The molecule has 0 aromatic heterocycles. The Morgan fingerprint density at radius 2 is 1.74 bits per heavy atom. The standard InChI is InChI=1S/C15H14O4/c16-14(17)8-3-1-2-4-9(8)15(18)19-13-7-5-10-11(6-7)12(10)13/h1-4,7,10-13H,5-6H2,(H,16,17)/t7?,10-,11-,12?,13+/m1/s1. The largest absolute Gasteiger partial charge is 0.478 e. The number of carboxylic acid groups (broad SMARTS) is 1. The van der Waals surface area contributed by atoms with Crippen LogP contribution in [0, 0.1) is 23.7 Å². The normalized spacial score (nSPS) is 37.2. The number of carboxylic acids is 1. The lowest BCUT2D eigenvalue weighted by Gasteiger charge is -2.16. The molecule has 0 unspecified atom stereocenters. The van der Waals surface area contributed by atoms with Gasteiger partial charge in [0.05, 0.1) is 11.1 Å². The van der Waals surface area contributed by atoms with Crippen molar-refractivity contribution in [3.63, 3.8) is 0 Å². The first-order valence-corrected chi connectivity index (χ1v) is 6.70. The van der Waals surface area contributed by atoms with Crippen LogP contribution < -0.4 is 0 Å². The highest BCUT2D eigenvalue weighted by atomic mass is 16.5. The van der Waals surface area contributed by atoms with Crippen LogP contribution in [0.25, 0.3) is 0 Å². The van der Waals surface area contributed by atoms with Crippen molar-refractivity contribution in [2.24, 2.45) is 23.7 Å². The fourth-order valence-corrected chi connectivity index (χ4v) is 4.21. The number of rotatable bonds is 3. The Kier molecular flexibility index (Phi) is 2.08. The van der Waals surface area contributed by atoms with Crippen LogP contribution in [-0.2, 0) is 4.74 Å². The van der Waals surface area contributed by atoms with Gasteiger partial charge in [-0.05, 0) is 42.7 Å². The summed E-state index contributed by atoms with van der Waals surface area (Å²) in [6, 6.07) is 6.24. The fraction of sp³-hybridized carbons (Fsp3) is 0.467. The molecule has 0 spiro atoms. The van der Waals surface area contributed by atoms with Crippen molar-refractivity contribution in [2.45, 2.75) is 18.9 Å². The molecule has 0 saturated heterocycles. The number of carbonyl (C=O) groups excluding carboxylic acids is 1. The molecule has 3 atom stereocenters. The van der Waals surface area contributed by atoms with E-state index in [0.29, 0.717) is 11.8 Å². The quantitative estimate of drug-likeness (QED) is 0.844. The SMILES string of the molecule is O=C(O)c1ccccc1C(=O)O[C@H]1C2C[C@H]3C1[C@@H]3C2. The van der Waals surface area contributed by atoms with Crippen LogP contribution in [0.5, 0.6) is 0 Å². The number of benzene rings is 1. The van der Waals surface area contributed by atoms with Gasteiger partial charge >= 0.3 is 11.9 Å². The number of hydrogen-bond donors (Lipinski definition) is 1. The van der Waals surface area contributed by atoms with Crippen molar-refractivity contribution in [1.29, 1.82) is 0 Å². The lowest BCUT2D eigenvalue weighted by atomic mass is 10.1. The topological polar surface area (TPSA) is 63.6 Å². The summed E-state index contributed by atoms with van der Waals surface area (Å²) in [6.45, 7) is 0. The molecule has 4 nitrogen and oxygen atoms in total. The van der Waals surface area contributed by atoms with Crippen molar-refractivity contribution in [3.8, 4) is 0 Å². The Hall–Kier alpha value is -1.84. The van der Waals surface area contributed by atoms with Gasteiger partial charge in [-0.2, -0.15) is 0 Å². The van der Waals surface area contributed by atoms with Crippen LogP contribution in [0.3, 0.4) is 0 Å². The van der Waals surface area contributed by atoms with Crippen LogP contribution in [0.2, 0.25) is 0 Å². The van der Waals surface area contributed by atoms with Gasteiger partial charge in [-0.15, -0.1) is 0 Å². The first kappa shape index (κ1) is 11.0. The summed E-state index contributed by atoms with van der Waals surface area (Å²) in [5.41, 5.74) is 0.182. The number of aromatic carboxylic acids is 1. The molecule has 4 heteroatoms. The second kappa shape index (κ2) is 3.59. The lowest BCUT2D eigenvalue weighted by molar-refractivity contribution is 0.0202. The van der Waals surface area contributed by atoms with E-state index in [1.165, 1.54) is 25.0 Å². The van der Waals surface area contributed by atoms with Gasteiger partial charge < -0.3 is 9.84 Å². The van der Waals surface area contributed by atoms with Crippen molar-refractivity contribution < 1.29 is 19.4 Å². The van der Waals surface area contributed by atoms with E-state index < -0.39 is 11.9 Å². The minimum absolute atomic E-state index is 0.0187. The van der Waals surface area contributed by atoms with E-state index in [1.54, 1.807) is 12.1 Å². The van der Waals surface area contributed by atoms with Crippen LogP contribution in [0.15, 0.2) is 24.3 Å². The molecule has 19 heavy (non-hydrogen) atoms. The van der Waals surface area contributed by atoms with Crippen molar-refractivity contribution >= 4 is 11.9 Å². The Morgan fingerprint density at radius 1 is 1.11 bits per heavy atom. The van der Waals surface area contributed by atoms with E-state index in [9.17, 15) is 9.59 Å². The van der Waals surface area contributed by atoms with Gasteiger partial charge in [-0.3, -0.25) is 0 Å². The average Bonchev–Trinajstić information content (AvgIpc) is 2.77. The van der Waals surface area contributed by atoms with Gasteiger partial charge in [-0.25, -0.2) is 9.59 Å². The highest BCUT2D eigenvalue weighted by Crippen LogP contribution is 2.71. The summed E-state index contributed by atoms with van der Waals surface area (Å²) in [7, 11) is 0. The van der Waals surface area contributed by atoms with Gasteiger partial charge in [0.25, 0.3) is 0 Å². The van der Waals surface area contributed by atoms with Crippen molar-refractivity contribution in [1.82, 2.24) is 0 Å². The molecule has 1 aromatic rings. The number of carbonyl (C=O) groups is 2. The molecule has 0 heterocycles. The highest BCUT2D eigenvalue weighted by molar-refractivity contribution is 6.02. The Labute approximate surface area is 110 Å². The molecule has 4 saturated carbocycles. The van der Waals surface area contributed by atoms with Gasteiger partial charge in [0.15, 0.2) is 0 Å². The van der Waals surface area contributed by atoms with Crippen molar-refractivity contribution in [2.75, 3.05) is 0 Å². The minimum Gasteiger partial charge on any atom is -0.478 e. The third kappa shape index (κ3) is 1.46. The van der Waals surface area contributed by atoms with E-state index in [0.717, 1.165) is 11.8 Å². The zero-order valence-corrected chi connectivity index (χ0v) is 10.3. The predicted octanol–water partition coefficient (Wildman–Crippen LogP) is 2.20. The molecular weight excluding hydrogens is 244 g/mol. The summed E-state index contributed by atoms with van der Waals surface area (Å²) < 4.78 is 5.59. The van der Waals surface area contributed by atoms with Gasteiger partial charge in [0, 0.05) is 5.92 Å². The highest BCUT2D eigenvalue weighted by Gasteiger charge is 2.70. The molecule has 4 bridgehead atoms. The third-order valence-corrected chi connectivity index (χ3v) is 5.01. The summed E-state index contributed by atoms with van der Waals surface area (Å²) in [6.07, 6.45) is 2.41. The maximum absolute atomic E-state index is 12.2. The Morgan fingerprint density at radius 3 is 2.26 bits per heavy atom. The second-order valence-electron chi connectivity index (χ2n) is 5.86. The third-order valence-electron chi connectivity index (χ3n) is 5.01. The monoisotopic (exact) mass is 258 g/mol. The van der Waals surface area contributed by atoms with E-state index in [1.807, 2.05) is 0 Å². The molecule has 98 valence electrons. The maximum Gasteiger partial charge on any atom is 0.339 e. The Bertz CT molecular complexity index is 565. The smallest absolute Gasteiger partial charge is 0.339 e. The molecule has 1 N–H and O–H groups in total. The van der Waals surface area contributed by atoms with Crippen LogP contribution in [0.1, 0.15) is 33.6 Å². The van der Waals surface area contributed by atoms with Crippen LogP contribution in [-0.4, -0.2) is 23.1 Å². The average molecular weight is 258 g/mol. The summed E-state index contributed by atoms with van der Waals surface area (Å²) >= 11 is 0. The fourth-order valence-electron chi connectivity index (χ4n) is 4.21. The summed E-state index contributed by atoms with van der Waals surface area (Å²) in [5, 5.41) is 9.09. The molecule has 5 rings (SSSR count). The summed E-state index contributed by atoms with van der Waals surface area (Å²) in [5.74, 6) is 1.05. The molecule has 1 aromatic carbocycles. The lowest BCUT2D eigenvalue weighted by Crippen LogP contribution is -2.23. The molecule has 4 aliphatic carbocycles. The van der Waals surface area contributed by atoms with E-state index in [4.69, 9.17) is 9.84 Å². The van der Waals surface area contributed by atoms with Gasteiger partial charge in [0.2, 0.25) is 0 Å². The first-order chi connectivity index (χ1) is 9.16. The zero-order chi connectivity index (χ0) is 13.1. The molecular formula is C15H14O4. The number of esters is 1. The molecule has 0 aliphatic heterocycles. The molecule has 0 radical (unpaired) electrons. The molecule has 4 fully saturated rings. The van der Waals surface area contributed by atoms with Gasteiger partial charge in [-0.1, -0.05) is 12.1 Å². The predicted molar refractivity (Wildman–Crippen MR) is 65.8 cm³/mol. The van der Waals surface area contributed by atoms with Gasteiger partial charge in [0.1, 0.15) is 6.10 Å².